The van der Waals surface area contributed by atoms with Crippen LogP contribution in [0.5, 0.6) is 5.75 Å². The van der Waals surface area contributed by atoms with Crippen LogP contribution in [0.2, 0.25) is 5.02 Å². The Bertz CT molecular complexity index is 940. The summed E-state index contributed by atoms with van der Waals surface area (Å²) in [6.07, 6.45) is 1.44. The largest absolute Gasteiger partial charge is 0.493 e. The smallest absolute Gasteiger partial charge is 0.255 e. The van der Waals surface area contributed by atoms with E-state index in [1.54, 1.807) is 18.2 Å². The van der Waals surface area contributed by atoms with Gasteiger partial charge in [-0.1, -0.05) is 38.4 Å². The number of ether oxygens (including phenoxy) is 1. The van der Waals surface area contributed by atoms with E-state index in [-0.39, 0.29) is 11.8 Å². The van der Waals surface area contributed by atoms with Crippen molar-refractivity contribution in [3.8, 4) is 5.75 Å². The van der Waals surface area contributed by atoms with Crippen LogP contribution in [0.4, 0.5) is 11.4 Å². The van der Waals surface area contributed by atoms with E-state index in [1.807, 2.05) is 36.1 Å². The molecule has 1 heterocycles. The highest BCUT2D eigenvalue weighted by Gasteiger charge is 2.23. The van der Waals surface area contributed by atoms with Gasteiger partial charge in [0.2, 0.25) is 5.91 Å². The third-order valence-corrected chi connectivity index (χ3v) is 5.56. The first kappa shape index (κ1) is 23.9. The van der Waals surface area contributed by atoms with Gasteiger partial charge in [-0.05, 0) is 48.7 Å². The number of piperazine rings is 1. The van der Waals surface area contributed by atoms with Crippen molar-refractivity contribution in [3.05, 3.63) is 53.1 Å². The maximum absolute atomic E-state index is 13.0. The molecule has 2 amide bonds. The minimum absolute atomic E-state index is 0.205. The monoisotopic (exact) mass is 457 g/mol. The number of carbonyl (C=O) groups excluding carboxylic acids is 2. The molecular weight excluding hydrogens is 426 g/mol. The van der Waals surface area contributed by atoms with Crippen LogP contribution < -0.4 is 15.0 Å². The second-order valence-corrected chi connectivity index (χ2v) is 8.90. The fourth-order valence-corrected chi connectivity index (χ4v) is 3.81. The molecule has 0 atom stereocenters. The molecule has 0 radical (unpaired) electrons. The Balaban J connectivity index is 1.71. The molecule has 1 N–H and O–H groups in total. The topological polar surface area (TPSA) is 61.9 Å². The van der Waals surface area contributed by atoms with Crippen LogP contribution in [-0.2, 0) is 4.79 Å². The van der Waals surface area contributed by atoms with Crippen LogP contribution in [-0.4, -0.2) is 49.5 Å². The number of benzene rings is 2. The highest BCUT2D eigenvalue weighted by molar-refractivity contribution is 6.31. The number of anilines is 2. The first-order chi connectivity index (χ1) is 15.4. The minimum atomic E-state index is -0.222. The van der Waals surface area contributed by atoms with Crippen molar-refractivity contribution in [2.75, 3.05) is 43.0 Å². The molecule has 0 aliphatic carbocycles. The van der Waals surface area contributed by atoms with Crippen molar-refractivity contribution in [2.24, 2.45) is 5.92 Å². The van der Waals surface area contributed by atoms with Crippen LogP contribution in [0.1, 0.15) is 44.0 Å². The van der Waals surface area contributed by atoms with Crippen LogP contribution in [0.15, 0.2) is 42.5 Å². The number of amides is 2. The van der Waals surface area contributed by atoms with Gasteiger partial charge in [0.1, 0.15) is 5.75 Å². The van der Waals surface area contributed by atoms with Gasteiger partial charge in [0.15, 0.2) is 0 Å². The summed E-state index contributed by atoms with van der Waals surface area (Å²) < 4.78 is 5.75. The lowest BCUT2D eigenvalue weighted by Crippen LogP contribution is -2.48. The summed E-state index contributed by atoms with van der Waals surface area (Å²) >= 11 is 6.24. The molecule has 0 bridgehead atoms. The molecule has 2 aromatic carbocycles. The third-order valence-electron chi connectivity index (χ3n) is 5.32. The number of nitrogens with one attached hydrogen (secondary N) is 1. The van der Waals surface area contributed by atoms with Gasteiger partial charge in [-0.3, -0.25) is 9.59 Å². The number of halogens is 1. The molecule has 1 fully saturated rings. The maximum atomic E-state index is 13.0. The predicted molar refractivity (Wildman–Crippen MR) is 130 cm³/mol. The summed E-state index contributed by atoms with van der Waals surface area (Å²) in [5.74, 6) is 1.06. The Kier molecular flexibility index (Phi) is 8.39. The van der Waals surface area contributed by atoms with Gasteiger partial charge in [-0.15, -0.1) is 0 Å². The quantitative estimate of drug-likeness (QED) is 0.600. The lowest BCUT2D eigenvalue weighted by molar-refractivity contribution is -0.131. The maximum Gasteiger partial charge on any atom is 0.255 e. The van der Waals surface area contributed by atoms with Crippen molar-refractivity contribution in [1.29, 1.82) is 0 Å². The van der Waals surface area contributed by atoms with E-state index in [4.69, 9.17) is 16.3 Å². The third kappa shape index (κ3) is 6.39. The van der Waals surface area contributed by atoms with Gasteiger partial charge in [0.05, 0.1) is 18.0 Å². The number of hydrogen-bond donors (Lipinski definition) is 1. The first-order valence-corrected chi connectivity index (χ1v) is 11.6. The SMILES string of the molecule is CCCC(=O)N1CCN(c2ccc(Cl)cc2NC(=O)c2cccc(OCC(C)C)c2)CC1. The van der Waals surface area contributed by atoms with E-state index in [1.165, 1.54) is 0 Å². The normalized spacial score (nSPS) is 13.9. The van der Waals surface area contributed by atoms with Crippen molar-refractivity contribution in [1.82, 2.24) is 4.90 Å². The van der Waals surface area contributed by atoms with E-state index in [2.05, 4.69) is 24.1 Å². The van der Waals surface area contributed by atoms with E-state index in [0.29, 0.717) is 67.1 Å². The molecule has 1 aliphatic heterocycles. The Hall–Kier alpha value is -2.73. The molecule has 7 heteroatoms. The zero-order chi connectivity index (χ0) is 23.1. The van der Waals surface area contributed by atoms with E-state index in [0.717, 1.165) is 12.1 Å². The second kappa shape index (κ2) is 11.2. The zero-order valence-electron chi connectivity index (χ0n) is 19.1. The average molecular weight is 458 g/mol. The summed E-state index contributed by atoms with van der Waals surface area (Å²) in [6.45, 7) is 9.53. The fraction of sp³-hybridized carbons (Fsp3) is 0.440. The molecule has 0 aromatic heterocycles. The second-order valence-electron chi connectivity index (χ2n) is 8.47. The number of carbonyl (C=O) groups is 2. The van der Waals surface area contributed by atoms with Crippen LogP contribution >= 0.6 is 11.6 Å². The standard InChI is InChI=1S/C25H32ClN3O3/c1-4-6-24(30)29-13-11-28(12-14-29)23-10-9-20(26)16-22(23)27-25(31)19-7-5-8-21(15-19)32-17-18(2)3/h5,7-10,15-16,18H,4,6,11-14,17H2,1-3H3,(H,27,31). The molecule has 6 nitrogen and oxygen atoms in total. The van der Waals surface area contributed by atoms with Crippen LogP contribution in [0.25, 0.3) is 0 Å². The van der Waals surface area contributed by atoms with Gasteiger partial charge in [-0.2, -0.15) is 0 Å². The Labute approximate surface area is 195 Å². The minimum Gasteiger partial charge on any atom is -0.493 e. The summed E-state index contributed by atoms with van der Waals surface area (Å²) in [4.78, 5) is 29.3. The van der Waals surface area contributed by atoms with Gasteiger partial charge in [-0.25, -0.2) is 0 Å². The number of nitrogens with zero attached hydrogens (tertiary/aromatic N) is 2. The lowest BCUT2D eigenvalue weighted by Gasteiger charge is -2.37. The van der Waals surface area contributed by atoms with Gasteiger partial charge in [0, 0.05) is 43.2 Å². The Morgan fingerprint density at radius 2 is 1.84 bits per heavy atom. The predicted octanol–water partition coefficient (Wildman–Crippen LogP) is 5.08. The van der Waals surface area contributed by atoms with Crippen molar-refractivity contribution < 1.29 is 14.3 Å². The highest BCUT2D eigenvalue weighted by atomic mass is 35.5. The molecule has 1 aliphatic rings. The van der Waals surface area contributed by atoms with Gasteiger partial charge >= 0.3 is 0 Å². The fourth-order valence-electron chi connectivity index (χ4n) is 3.64. The van der Waals surface area contributed by atoms with E-state index < -0.39 is 0 Å². The van der Waals surface area contributed by atoms with Crippen molar-refractivity contribution in [2.45, 2.75) is 33.6 Å². The Morgan fingerprint density at radius 1 is 1.09 bits per heavy atom. The van der Waals surface area contributed by atoms with Crippen molar-refractivity contribution in [3.63, 3.8) is 0 Å². The lowest BCUT2D eigenvalue weighted by atomic mass is 10.1. The number of rotatable bonds is 8. The summed E-state index contributed by atoms with van der Waals surface area (Å²) in [5.41, 5.74) is 2.08. The molecule has 2 aromatic rings. The van der Waals surface area contributed by atoms with E-state index in [9.17, 15) is 9.59 Å². The molecule has 0 saturated carbocycles. The molecule has 32 heavy (non-hydrogen) atoms. The van der Waals surface area contributed by atoms with Gasteiger partial charge < -0.3 is 19.9 Å². The van der Waals surface area contributed by atoms with Crippen molar-refractivity contribution >= 4 is 34.8 Å². The first-order valence-electron chi connectivity index (χ1n) is 11.2. The van der Waals surface area contributed by atoms with E-state index >= 15 is 0 Å². The zero-order valence-corrected chi connectivity index (χ0v) is 19.8. The highest BCUT2D eigenvalue weighted by Crippen LogP contribution is 2.31. The average Bonchev–Trinajstić information content (AvgIpc) is 2.78. The van der Waals surface area contributed by atoms with Crippen LogP contribution in [0.3, 0.4) is 0 Å². The molecule has 3 rings (SSSR count). The molecule has 0 spiro atoms. The summed E-state index contributed by atoms with van der Waals surface area (Å²) in [6, 6.07) is 12.7. The molecule has 172 valence electrons. The summed E-state index contributed by atoms with van der Waals surface area (Å²) in [7, 11) is 0. The van der Waals surface area contributed by atoms with Gasteiger partial charge in [0.25, 0.3) is 5.91 Å². The molecule has 0 unspecified atom stereocenters. The Morgan fingerprint density at radius 3 is 2.53 bits per heavy atom. The summed E-state index contributed by atoms with van der Waals surface area (Å²) in [5, 5.41) is 3.56. The van der Waals surface area contributed by atoms with Crippen LogP contribution in [0, 0.1) is 5.92 Å². The molecular formula is C25H32ClN3O3. The number of hydrogen-bond acceptors (Lipinski definition) is 4. The molecule has 1 saturated heterocycles.